The number of nitrogens with zero attached hydrogens (tertiary/aromatic N) is 4. The Bertz CT molecular complexity index is 862. The van der Waals surface area contributed by atoms with Crippen LogP contribution in [0.2, 0.25) is 0 Å². The van der Waals surface area contributed by atoms with Gasteiger partial charge >= 0.3 is 0 Å². The third kappa shape index (κ3) is 5.95. The first-order valence-electron chi connectivity index (χ1n) is 11.6. The Labute approximate surface area is 189 Å². The zero-order chi connectivity index (χ0) is 22.2. The molecule has 8 nitrogen and oxygen atoms in total. The van der Waals surface area contributed by atoms with Crippen LogP contribution in [0.25, 0.3) is 0 Å². The van der Waals surface area contributed by atoms with Gasteiger partial charge < -0.3 is 19.7 Å². The van der Waals surface area contributed by atoms with E-state index < -0.39 is 0 Å². The van der Waals surface area contributed by atoms with Crippen LogP contribution in [0.15, 0.2) is 36.7 Å². The molecule has 1 aromatic carbocycles. The van der Waals surface area contributed by atoms with E-state index in [1.165, 1.54) is 5.56 Å². The lowest BCUT2D eigenvalue weighted by Crippen LogP contribution is -2.44. The number of morpholine rings is 1. The number of aromatic nitrogens is 2. The second-order valence-corrected chi connectivity index (χ2v) is 8.29. The lowest BCUT2D eigenvalue weighted by Gasteiger charge is -2.32. The predicted octanol–water partition coefficient (Wildman–Crippen LogP) is 2.50. The van der Waals surface area contributed by atoms with E-state index in [-0.39, 0.29) is 11.8 Å². The Balaban J connectivity index is 1.27. The minimum Gasteiger partial charge on any atom is -0.436 e. The molecule has 0 atom stereocenters. The Morgan fingerprint density at radius 3 is 2.53 bits per heavy atom. The van der Waals surface area contributed by atoms with E-state index in [0.29, 0.717) is 12.4 Å². The van der Waals surface area contributed by atoms with E-state index in [1.807, 2.05) is 12.1 Å². The van der Waals surface area contributed by atoms with E-state index >= 15 is 0 Å². The number of nitrogens with one attached hydrogen (secondary N) is 1. The number of hydrogen-bond acceptors (Lipinski definition) is 7. The lowest BCUT2D eigenvalue weighted by molar-refractivity contribution is -0.125. The van der Waals surface area contributed by atoms with Crippen LogP contribution < -0.4 is 15.0 Å². The number of amides is 1. The molecule has 0 aliphatic carbocycles. The second-order valence-electron chi connectivity index (χ2n) is 8.29. The molecule has 32 heavy (non-hydrogen) atoms. The summed E-state index contributed by atoms with van der Waals surface area (Å²) >= 11 is 0. The predicted molar refractivity (Wildman–Crippen MR) is 123 cm³/mol. The molecule has 1 N–H and O–H groups in total. The zero-order valence-electron chi connectivity index (χ0n) is 18.8. The highest BCUT2D eigenvalue weighted by Gasteiger charge is 2.27. The fourth-order valence-electron chi connectivity index (χ4n) is 4.17. The summed E-state index contributed by atoms with van der Waals surface area (Å²) in [5, 5.41) is 3.12. The zero-order valence-corrected chi connectivity index (χ0v) is 18.8. The molecule has 0 bridgehead atoms. The van der Waals surface area contributed by atoms with E-state index in [1.54, 1.807) is 12.4 Å². The van der Waals surface area contributed by atoms with Gasteiger partial charge in [-0.05, 0) is 37.0 Å². The maximum absolute atomic E-state index is 12.6. The summed E-state index contributed by atoms with van der Waals surface area (Å²) in [6.45, 7) is 8.67. The summed E-state index contributed by atoms with van der Waals surface area (Å²) in [5.74, 6) is 2.19. The lowest BCUT2D eigenvalue weighted by atomic mass is 9.96. The Hall–Kier alpha value is -2.71. The molecule has 2 saturated heterocycles. The largest absolute Gasteiger partial charge is 0.436 e. The Kier molecular flexibility index (Phi) is 7.90. The molecule has 3 heterocycles. The van der Waals surface area contributed by atoms with Gasteiger partial charge in [0.1, 0.15) is 5.75 Å². The van der Waals surface area contributed by atoms with Crippen molar-refractivity contribution in [3.8, 4) is 11.6 Å². The number of ether oxygens (including phenoxy) is 2. The molecular weight excluding hydrogens is 406 g/mol. The van der Waals surface area contributed by atoms with Gasteiger partial charge in [-0.15, -0.1) is 0 Å². The van der Waals surface area contributed by atoms with Crippen molar-refractivity contribution in [1.29, 1.82) is 0 Å². The van der Waals surface area contributed by atoms with Gasteiger partial charge in [-0.25, -0.2) is 9.97 Å². The summed E-state index contributed by atoms with van der Waals surface area (Å²) in [6.07, 6.45) is 5.92. The highest BCUT2D eigenvalue weighted by atomic mass is 16.5. The quantitative estimate of drug-likeness (QED) is 0.677. The van der Waals surface area contributed by atoms with Crippen LogP contribution in [-0.2, 0) is 16.0 Å². The number of carbonyl (C=O) groups is 1. The van der Waals surface area contributed by atoms with Crippen molar-refractivity contribution < 1.29 is 14.3 Å². The standard InChI is InChI=1S/C24H33N5O3/c1-2-19-3-5-21(6-4-19)32-24-22(25-9-10-27-24)29-12-7-20(8-13-29)23(30)26-11-14-28-15-17-31-18-16-28/h3-6,9-10,20H,2,7-8,11-18H2,1H3,(H,26,30). The maximum atomic E-state index is 12.6. The number of anilines is 1. The van der Waals surface area contributed by atoms with Crippen LogP contribution in [0.4, 0.5) is 5.82 Å². The van der Waals surface area contributed by atoms with Crippen LogP contribution >= 0.6 is 0 Å². The van der Waals surface area contributed by atoms with Crippen molar-refractivity contribution in [3.63, 3.8) is 0 Å². The van der Waals surface area contributed by atoms with Crippen LogP contribution in [-0.4, -0.2) is 73.3 Å². The van der Waals surface area contributed by atoms with Gasteiger partial charge in [-0.2, -0.15) is 0 Å². The molecule has 2 aromatic rings. The minimum atomic E-state index is 0.0403. The van der Waals surface area contributed by atoms with E-state index in [0.717, 1.165) is 76.8 Å². The number of aryl methyl sites for hydroxylation is 1. The minimum absolute atomic E-state index is 0.0403. The molecule has 2 fully saturated rings. The maximum Gasteiger partial charge on any atom is 0.263 e. The number of piperidine rings is 1. The smallest absolute Gasteiger partial charge is 0.263 e. The topological polar surface area (TPSA) is 79.8 Å². The highest BCUT2D eigenvalue weighted by Crippen LogP contribution is 2.31. The van der Waals surface area contributed by atoms with Crippen LogP contribution in [0.5, 0.6) is 11.6 Å². The molecule has 8 heteroatoms. The summed E-state index contributed by atoms with van der Waals surface area (Å²) in [5.41, 5.74) is 1.27. The van der Waals surface area contributed by atoms with Crippen LogP contribution in [0.3, 0.4) is 0 Å². The average molecular weight is 440 g/mol. The molecule has 0 unspecified atom stereocenters. The average Bonchev–Trinajstić information content (AvgIpc) is 2.85. The van der Waals surface area contributed by atoms with Gasteiger partial charge in [0, 0.05) is 57.6 Å². The van der Waals surface area contributed by atoms with Crippen molar-refractivity contribution in [1.82, 2.24) is 20.2 Å². The van der Waals surface area contributed by atoms with Gasteiger partial charge in [0.05, 0.1) is 13.2 Å². The van der Waals surface area contributed by atoms with Crippen molar-refractivity contribution in [2.75, 3.05) is 57.4 Å². The summed E-state index contributed by atoms with van der Waals surface area (Å²) in [7, 11) is 0. The van der Waals surface area contributed by atoms with Crippen molar-refractivity contribution in [2.24, 2.45) is 5.92 Å². The normalized spacial score (nSPS) is 17.8. The summed E-state index contributed by atoms with van der Waals surface area (Å²) < 4.78 is 11.4. The van der Waals surface area contributed by atoms with E-state index in [4.69, 9.17) is 9.47 Å². The fourth-order valence-corrected chi connectivity index (χ4v) is 4.17. The van der Waals surface area contributed by atoms with Gasteiger partial charge in [0.2, 0.25) is 5.91 Å². The molecule has 1 aromatic heterocycles. The third-order valence-electron chi connectivity index (χ3n) is 6.19. The summed E-state index contributed by atoms with van der Waals surface area (Å²) in [4.78, 5) is 26.1. The number of rotatable bonds is 8. The molecule has 172 valence electrons. The number of hydrogen-bond donors (Lipinski definition) is 1. The molecule has 0 spiro atoms. The first-order chi connectivity index (χ1) is 15.7. The van der Waals surface area contributed by atoms with Crippen molar-refractivity contribution in [2.45, 2.75) is 26.2 Å². The Morgan fingerprint density at radius 1 is 1.09 bits per heavy atom. The van der Waals surface area contributed by atoms with Gasteiger partial charge in [0.25, 0.3) is 5.88 Å². The fraction of sp³-hybridized carbons (Fsp3) is 0.542. The Morgan fingerprint density at radius 2 is 1.81 bits per heavy atom. The SMILES string of the molecule is CCc1ccc(Oc2nccnc2N2CCC(C(=O)NCCN3CCOCC3)CC2)cc1. The molecule has 2 aliphatic heterocycles. The van der Waals surface area contributed by atoms with Crippen LogP contribution in [0, 0.1) is 5.92 Å². The first kappa shape index (κ1) is 22.5. The first-order valence-corrected chi connectivity index (χ1v) is 11.6. The van der Waals surface area contributed by atoms with Gasteiger partial charge in [-0.3, -0.25) is 9.69 Å². The second kappa shape index (κ2) is 11.2. The molecular formula is C24H33N5O3. The highest BCUT2D eigenvalue weighted by molar-refractivity contribution is 5.79. The molecule has 1 amide bonds. The van der Waals surface area contributed by atoms with Crippen LogP contribution in [0.1, 0.15) is 25.3 Å². The number of carbonyl (C=O) groups excluding carboxylic acids is 1. The van der Waals surface area contributed by atoms with Gasteiger partial charge in [0.15, 0.2) is 5.82 Å². The van der Waals surface area contributed by atoms with Crippen molar-refractivity contribution >= 4 is 11.7 Å². The van der Waals surface area contributed by atoms with Gasteiger partial charge in [-0.1, -0.05) is 19.1 Å². The van der Waals surface area contributed by atoms with E-state index in [9.17, 15) is 4.79 Å². The molecule has 0 saturated carbocycles. The number of benzene rings is 1. The third-order valence-corrected chi connectivity index (χ3v) is 6.19. The molecule has 0 radical (unpaired) electrons. The molecule has 2 aliphatic rings. The van der Waals surface area contributed by atoms with Crippen molar-refractivity contribution in [3.05, 3.63) is 42.2 Å². The monoisotopic (exact) mass is 439 g/mol. The molecule has 4 rings (SSSR count). The summed E-state index contributed by atoms with van der Waals surface area (Å²) in [6, 6.07) is 8.05. The van der Waals surface area contributed by atoms with E-state index in [2.05, 4.69) is 44.1 Å².